The molecule has 15 heavy (non-hydrogen) atoms. The summed E-state index contributed by atoms with van der Waals surface area (Å²) in [5.41, 5.74) is 7.72. The van der Waals surface area contributed by atoms with Crippen LogP contribution in [-0.2, 0) is 13.0 Å². The highest BCUT2D eigenvalue weighted by molar-refractivity contribution is 14.1. The average Bonchev–Trinajstić information content (AvgIpc) is 2.64. The molecule has 0 spiro atoms. The molecule has 0 fully saturated rings. The number of benzene rings is 1. The van der Waals surface area contributed by atoms with Gasteiger partial charge in [0.25, 0.3) is 0 Å². The molecule has 0 atom stereocenters. The molecule has 3 nitrogen and oxygen atoms in total. The molecule has 4 heteroatoms. The molecule has 0 aliphatic rings. The van der Waals surface area contributed by atoms with Crippen LogP contribution in [0.2, 0.25) is 0 Å². The highest BCUT2D eigenvalue weighted by atomic mass is 127. The first-order chi connectivity index (χ1) is 7.24. The second kappa shape index (κ2) is 4.65. The molecule has 0 saturated heterocycles. The summed E-state index contributed by atoms with van der Waals surface area (Å²) in [5.74, 6) is 0. The second-order valence-corrected chi connectivity index (χ2v) is 4.66. The number of nitrogens with two attached hydrogens (primary N) is 1. The molecule has 0 bridgehead atoms. The monoisotopic (exact) mass is 313 g/mol. The van der Waals surface area contributed by atoms with Gasteiger partial charge in [0.1, 0.15) is 0 Å². The first kappa shape index (κ1) is 10.5. The zero-order chi connectivity index (χ0) is 10.7. The van der Waals surface area contributed by atoms with E-state index in [4.69, 9.17) is 5.73 Å². The van der Waals surface area contributed by atoms with Crippen LogP contribution in [0.1, 0.15) is 5.56 Å². The number of hydrogen-bond acceptors (Lipinski definition) is 2. The molecular formula is C11H12IN3. The van der Waals surface area contributed by atoms with Crippen LogP contribution in [0.15, 0.2) is 36.7 Å². The predicted octanol–water partition coefficient (Wildman–Crippen LogP) is 2.31. The van der Waals surface area contributed by atoms with Crippen molar-refractivity contribution in [2.24, 2.45) is 0 Å². The Kier molecular flexibility index (Phi) is 3.25. The number of rotatable bonds is 3. The van der Waals surface area contributed by atoms with E-state index in [9.17, 15) is 0 Å². The smallest absolute Gasteiger partial charge is 0.0623 e. The Balaban J connectivity index is 1.96. The Bertz CT molecular complexity index is 433. The lowest BCUT2D eigenvalue weighted by Crippen LogP contribution is -2.01. The largest absolute Gasteiger partial charge is 0.399 e. The highest BCUT2D eigenvalue weighted by Crippen LogP contribution is 2.07. The van der Waals surface area contributed by atoms with Gasteiger partial charge >= 0.3 is 0 Å². The molecule has 0 saturated carbocycles. The summed E-state index contributed by atoms with van der Waals surface area (Å²) in [6.07, 6.45) is 4.89. The van der Waals surface area contributed by atoms with Gasteiger partial charge in [-0.3, -0.25) is 4.68 Å². The van der Waals surface area contributed by atoms with E-state index in [-0.39, 0.29) is 0 Å². The number of nitrogen functional groups attached to an aromatic ring is 1. The van der Waals surface area contributed by atoms with Gasteiger partial charge in [0, 0.05) is 18.4 Å². The Labute approximate surface area is 102 Å². The maximum Gasteiger partial charge on any atom is 0.0623 e. The number of anilines is 1. The number of halogens is 1. The molecule has 0 aliphatic heterocycles. The van der Waals surface area contributed by atoms with E-state index in [2.05, 4.69) is 39.8 Å². The summed E-state index contributed by atoms with van der Waals surface area (Å²) < 4.78 is 3.13. The van der Waals surface area contributed by atoms with Crippen molar-refractivity contribution < 1.29 is 0 Å². The molecule has 0 radical (unpaired) electrons. The van der Waals surface area contributed by atoms with E-state index in [1.54, 1.807) is 0 Å². The minimum Gasteiger partial charge on any atom is -0.399 e. The van der Waals surface area contributed by atoms with Crippen LogP contribution in [0.3, 0.4) is 0 Å². The molecule has 2 rings (SSSR count). The molecular weight excluding hydrogens is 301 g/mol. The van der Waals surface area contributed by atoms with Crippen molar-refractivity contribution in [1.29, 1.82) is 0 Å². The fraction of sp³-hybridized carbons (Fsp3) is 0.182. The van der Waals surface area contributed by atoms with Gasteiger partial charge < -0.3 is 5.73 Å². The van der Waals surface area contributed by atoms with Crippen LogP contribution in [0, 0.1) is 3.57 Å². The lowest BCUT2D eigenvalue weighted by atomic mass is 10.1. The van der Waals surface area contributed by atoms with Crippen LogP contribution in [0.5, 0.6) is 0 Å². The lowest BCUT2D eigenvalue weighted by Gasteiger charge is -2.02. The topological polar surface area (TPSA) is 43.8 Å². The quantitative estimate of drug-likeness (QED) is 0.698. The minimum atomic E-state index is 0.812. The molecule has 2 N–H and O–H groups in total. The van der Waals surface area contributed by atoms with Crippen LogP contribution < -0.4 is 5.73 Å². The summed E-state index contributed by atoms with van der Waals surface area (Å²) in [7, 11) is 0. The number of aryl methyl sites for hydroxylation is 2. The Morgan fingerprint density at radius 1 is 1.27 bits per heavy atom. The minimum absolute atomic E-state index is 0.812. The van der Waals surface area contributed by atoms with Gasteiger partial charge in [-0.2, -0.15) is 5.10 Å². The van der Waals surface area contributed by atoms with Crippen molar-refractivity contribution >= 4 is 28.3 Å². The first-order valence-corrected chi connectivity index (χ1v) is 5.84. The maximum absolute atomic E-state index is 5.62. The molecule has 0 aliphatic carbocycles. The summed E-state index contributed by atoms with van der Waals surface area (Å²) in [5, 5.41) is 4.23. The van der Waals surface area contributed by atoms with Gasteiger partial charge in [0.05, 0.1) is 9.77 Å². The molecule has 0 unspecified atom stereocenters. The third-order valence-corrected chi connectivity index (χ3v) is 2.77. The highest BCUT2D eigenvalue weighted by Gasteiger charge is 1.96. The molecule has 1 heterocycles. The molecule has 2 aromatic rings. The van der Waals surface area contributed by atoms with Crippen molar-refractivity contribution in [3.8, 4) is 0 Å². The third-order valence-electron chi connectivity index (χ3n) is 2.21. The zero-order valence-corrected chi connectivity index (χ0v) is 10.4. The Morgan fingerprint density at radius 2 is 2.00 bits per heavy atom. The fourth-order valence-electron chi connectivity index (χ4n) is 1.39. The van der Waals surface area contributed by atoms with E-state index in [0.29, 0.717) is 0 Å². The van der Waals surface area contributed by atoms with Gasteiger partial charge in [0.2, 0.25) is 0 Å². The molecule has 1 aromatic heterocycles. The number of aromatic nitrogens is 2. The van der Waals surface area contributed by atoms with Gasteiger partial charge in [-0.25, -0.2) is 0 Å². The van der Waals surface area contributed by atoms with Gasteiger partial charge in [-0.15, -0.1) is 0 Å². The van der Waals surface area contributed by atoms with E-state index in [1.807, 2.05) is 29.2 Å². The average molecular weight is 313 g/mol. The third kappa shape index (κ3) is 2.95. The van der Waals surface area contributed by atoms with Crippen LogP contribution in [0.4, 0.5) is 5.69 Å². The lowest BCUT2D eigenvalue weighted by molar-refractivity contribution is 0.614. The SMILES string of the molecule is Nc1ccc(CCn2cc(I)cn2)cc1. The van der Waals surface area contributed by atoms with Gasteiger partial charge in [-0.05, 0) is 46.7 Å². The summed E-state index contributed by atoms with van der Waals surface area (Å²) in [6, 6.07) is 7.98. The van der Waals surface area contributed by atoms with Gasteiger partial charge in [-0.1, -0.05) is 12.1 Å². The molecule has 78 valence electrons. The van der Waals surface area contributed by atoms with E-state index >= 15 is 0 Å². The summed E-state index contributed by atoms with van der Waals surface area (Å²) in [6.45, 7) is 0.910. The number of hydrogen-bond donors (Lipinski definition) is 1. The van der Waals surface area contributed by atoms with Crippen LogP contribution in [-0.4, -0.2) is 9.78 Å². The van der Waals surface area contributed by atoms with E-state index in [0.717, 1.165) is 18.7 Å². The fourth-order valence-corrected chi connectivity index (χ4v) is 1.83. The molecule has 1 aromatic carbocycles. The van der Waals surface area contributed by atoms with Crippen molar-refractivity contribution in [3.63, 3.8) is 0 Å². The summed E-state index contributed by atoms with van der Waals surface area (Å²) >= 11 is 2.26. The van der Waals surface area contributed by atoms with Crippen molar-refractivity contribution in [1.82, 2.24) is 9.78 Å². The van der Waals surface area contributed by atoms with E-state index in [1.165, 1.54) is 9.13 Å². The number of nitrogens with zero attached hydrogens (tertiary/aromatic N) is 2. The molecule has 0 amide bonds. The normalized spacial score (nSPS) is 10.5. The van der Waals surface area contributed by atoms with Crippen molar-refractivity contribution in [3.05, 3.63) is 45.8 Å². The van der Waals surface area contributed by atoms with E-state index < -0.39 is 0 Å². The van der Waals surface area contributed by atoms with Crippen LogP contribution >= 0.6 is 22.6 Å². The second-order valence-electron chi connectivity index (χ2n) is 3.41. The van der Waals surface area contributed by atoms with Crippen molar-refractivity contribution in [2.45, 2.75) is 13.0 Å². The predicted molar refractivity (Wildman–Crippen MR) is 69.5 cm³/mol. The zero-order valence-electron chi connectivity index (χ0n) is 8.23. The standard InChI is InChI=1S/C11H12IN3/c12-10-7-14-15(8-10)6-5-9-1-3-11(13)4-2-9/h1-4,7-8H,5-6,13H2. The maximum atomic E-state index is 5.62. The van der Waals surface area contributed by atoms with Gasteiger partial charge in [0.15, 0.2) is 0 Å². The first-order valence-electron chi connectivity index (χ1n) is 4.76. The Hall–Kier alpha value is -1.04. The van der Waals surface area contributed by atoms with Crippen LogP contribution in [0.25, 0.3) is 0 Å². The Morgan fingerprint density at radius 3 is 2.60 bits per heavy atom. The van der Waals surface area contributed by atoms with Crippen molar-refractivity contribution in [2.75, 3.05) is 5.73 Å². The summed E-state index contributed by atoms with van der Waals surface area (Å²) in [4.78, 5) is 0.